The number of amides is 1. The van der Waals surface area contributed by atoms with E-state index in [1.54, 1.807) is 0 Å². The summed E-state index contributed by atoms with van der Waals surface area (Å²) in [6, 6.07) is 11.9. The molecule has 0 saturated heterocycles. The maximum Gasteiger partial charge on any atom is 0.435 e. The molecule has 0 spiro atoms. The molecular weight excluding hydrogens is 395 g/mol. The van der Waals surface area contributed by atoms with Gasteiger partial charge in [0.25, 0.3) is 0 Å². The predicted molar refractivity (Wildman–Crippen MR) is 95.6 cm³/mol. The van der Waals surface area contributed by atoms with E-state index >= 15 is 0 Å². The summed E-state index contributed by atoms with van der Waals surface area (Å²) in [5.74, 6) is -0.667. The Bertz CT molecular complexity index is 1130. The molecular formula is C18H14F3N3O3S. The maximum absolute atomic E-state index is 13.2. The van der Waals surface area contributed by atoms with Crippen LogP contribution in [-0.2, 0) is 16.0 Å². The quantitative estimate of drug-likeness (QED) is 0.717. The highest BCUT2D eigenvalue weighted by atomic mass is 32.2. The summed E-state index contributed by atoms with van der Waals surface area (Å²) in [5.41, 5.74) is 5.00. The van der Waals surface area contributed by atoms with Crippen LogP contribution in [0.15, 0.2) is 59.5 Å². The molecule has 0 aliphatic heterocycles. The van der Waals surface area contributed by atoms with Crippen molar-refractivity contribution in [3.63, 3.8) is 0 Å². The van der Waals surface area contributed by atoms with Crippen molar-refractivity contribution >= 4 is 15.7 Å². The third kappa shape index (κ3) is 3.91. The van der Waals surface area contributed by atoms with Crippen LogP contribution >= 0.6 is 0 Å². The van der Waals surface area contributed by atoms with E-state index in [-0.39, 0.29) is 21.8 Å². The summed E-state index contributed by atoms with van der Waals surface area (Å²) >= 11 is 0. The van der Waals surface area contributed by atoms with Crippen LogP contribution in [0.25, 0.3) is 16.9 Å². The highest BCUT2D eigenvalue weighted by Gasteiger charge is 2.35. The lowest BCUT2D eigenvalue weighted by Gasteiger charge is -2.09. The normalized spacial score (nSPS) is 12.1. The second-order valence-electron chi connectivity index (χ2n) is 6.03. The van der Waals surface area contributed by atoms with Gasteiger partial charge in [-0.3, -0.25) is 4.79 Å². The van der Waals surface area contributed by atoms with Crippen LogP contribution in [0.2, 0.25) is 0 Å². The van der Waals surface area contributed by atoms with E-state index in [9.17, 15) is 26.4 Å². The van der Waals surface area contributed by atoms with Gasteiger partial charge in [0, 0.05) is 17.4 Å². The molecule has 0 aliphatic carbocycles. The second-order valence-corrected chi connectivity index (χ2v) is 8.05. The topological polar surface area (TPSA) is 95.1 Å². The van der Waals surface area contributed by atoms with Crippen molar-refractivity contribution in [3.05, 3.63) is 65.9 Å². The van der Waals surface area contributed by atoms with Crippen LogP contribution in [-0.4, -0.2) is 30.4 Å². The molecule has 6 nitrogen and oxygen atoms in total. The van der Waals surface area contributed by atoms with Gasteiger partial charge in [0.15, 0.2) is 15.5 Å². The number of hydrogen-bond acceptors (Lipinski definition) is 4. The summed E-state index contributed by atoms with van der Waals surface area (Å²) in [6.45, 7) is 0. The Morgan fingerprint density at radius 3 is 2.07 bits per heavy atom. The third-order valence-electron chi connectivity index (χ3n) is 3.97. The zero-order valence-electron chi connectivity index (χ0n) is 14.4. The number of carbonyl (C=O) groups excluding carboxylic acids is 1. The molecule has 2 N–H and O–H groups in total. The molecule has 0 unspecified atom stereocenters. The zero-order valence-corrected chi connectivity index (χ0v) is 15.3. The number of halogens is 3. The molecule has 1 aromatic heterocycles. The van der Waals surface area contributed by atoms with Gasteiger partial charge in [-0.2, -0.15) is 18.3 Å². The van der Waals surface area contributed by atoms with Crippen LogP contribution in [0.1, 0.15) is 16.1 Å². The SMILES string of the molecule is CS(=O)(=O)c1ccc(-c2cc(C(F)(F)F)nn2-c2ccc(C(N)=O)cc2)cc1. The molecule has 1 amide bonds. The molecule has 0 aliphatic rings. The number of alkyl halides is 3. The van der Waals surface area contributed by atoms with Gasteiger partial charge in [-0.25, -0.2) is 13.1 Å². The lowest BCUT2D eigenvalue weighted by atomic mass is 10.1. The fourth-order valence-electron chi connectivity index (χ4n) is 2.56. The molecule has 28 heavy (non-hydrogen) atoms. The van der Waals surface area contributed by atoms with E-state index in [1.165, 1.54) is 48.5 Å². The Balaban J connectivity index is 2.14. The summed E-state index contributed by atoms with van der Waals surface area (Å²) in [7, 11) is -3.44. The first-order valence-corrected chi connectivity index (χ1v) is 9.74. The zero-order chi connectivity index (χ0) is 20.7. The van der Waals surface area contributed by atoms with Crippen LogP contribution in [0.3, 0.4) is 0 Å². The lowest BCUT2D eigenvalue weighted by Crippen LogP contribution is -2.11. The van der Waals surface area contributed by atoms with Gasteiger partial charge >= 0.3 is 6.18 Å². The van der Waals surface area contributed by atoms with Gasteiger partial charge in [0.2, 0.25) is 5.91 Å². The van der Waals surface area contributed by atoms with Crippen molar-refractivity contribution in [1.29, 1.82) is 0 Å². The minimum absolute atomic E-state index is 0.0455. The second kappa shape index (κ2) is 6.79. The van der Waals surface area contributed by atoms with Crippen molar-refractivity contribution in [2.75, 3.05) is 6.26 Å². The number of nitrogens with two attached hydrogens (primary N) is 1. The predicted octanol–water partition coefficient (Wildman–Crippen LogP) is 3.06. The minimum atomic E-state index is -4.67. The summed E-state index contributed by atoms with van der Waals surface area (Å²) < 4.78 is 63.8. The van der Waals surface area contributed by atoms with E-state index < -0.39 is 27.6 Å². The Morgan fingerprint density at radius 1 is 1.04 bits per heavy atom. The van der Waals surface area contributed by atoms with Crippen LogP contribution in [0, 0.1) is 0 Å². The Hall–Kier alpha value is -3.14. The van der Waals surface area contributed by atoms with E-state index in [4.69, 9.17) is 5.73 Å². The summed E-state index contributed by atoms with van der Waals surface area (Å²) in [5, 5.41) is 3.63. The standard InChI is InChI=1S/C18H14F3N3O3S/c1-28(26,27)14-8-4-11(5-9-14)15-10-16(18(19,20)21)23-24(15)13-6-2-12(3-7-13)17(22)25/h2-10H,1H3,(H2,22,25). The summed E-state index contributed by atoms with van der Waals surface area (Å²) in [6.07, 6.45) is -3.63. The average molecular weight is 409 g/mol. The van der Waals surface area contributed by atoms with Crippen molar-refractivity contribution in [2.45, 2.75) is 11.1 Å². The molecule has 0 bridgehead atoms. The Morgan fingerprint density at radius 2 is 1.61 bits per heavy atom. The monoisotopic (exact) mass is 409 g/mol. The molecule has 0 saturated carbocycles. The number of benzene rings is 2. The van der Waals surface area contributed by atoms with Crippen LogP contribution in [0.4, 0.5) is 13.2 Å². The molecule has 0 atom stereocenters. The van der Waals surface area contributed by atoms with Gasteiger partial charge < -0.3 is 5.73 Å². The Kier molecular flexibility index (Phi) is 4.76. The van der Waals surface area contributed by atoms with Crippen molar-refractivity contribution in [3.8, 4) is 16.9 Å². The van der Waals surface area contributed by atoms with Crippen molar-refractivity contribution < 1.29 is 26.4 Å². The van der Waals surface area contributed by atoms with E-state index in [2.05, 4.69) is 5.10 Å². The number of hydrogen-bond donors (Lipinski definition) is 1. The molecule has 10 heteroatoms. The number of nitrogens with zero attached hydrogens (tertiary/aromatic N) is 2. The average Bonchev–Trinajstić information content (AvgIpc) is 3.07. The van der Waals surface area contributed by atoms with Gasteiger partial charge in [-0.05, 0) is 42.5 Å². The highest BCUT2D eigenvalue weighted by Crippen LogP contribution is 2.33. The number of primary amides is 1. The first kappa shape index (κ1) is 19.6. The first-order valence-electron chi connectivity index (χ1n) is 7.85. The third-order valence-corrected chi connectivity index (χ3v) is 5.10. The Labute approximate surface area is 158 Å². The fraction of sp³-hybridized carbons (Fsp3) is 0.111. The number of sulfone groups is 1. The number of carbonyl (C=O) groups is 1. The van der Waals surface area contributed by atoms with Gasteiger partial charge in [-0.15, -0.1) is 0 Å². The number of rotatable bonds is 4. The first-order chi connectivity index (χ1) is 13.0. The smallest absolute Gasteiger partial charge is 0.366 e. The molecule has 3 rings (SSSR count). The van der Waals surface area contributed by atoms with Gasteiger partial charge in [0.05, 0.1) is 16.3 Å². The minimum Gasteiger partial charge on any atom is -0.366 e. The molecule has 0 radical (unpaired) electrons. The lowest BCUT2D eigenvalue weighted by molar-refractivity contribution is -0.141. The molecule has 3 aromatic rings. The van der Waals surface area contributed by atoms with Crippen molar-refractivity contribution in [1.82, 2.24) is 9.78 Å². The number of aromatic nitrogens is 2. The maximum atomic E-state index is 13.2. The van der Waals surface area contributed by atoms with Crippen LogP contribution in [0.5, 0.6) is 0 Å². The van der Waals surface area contributed by atoms with Crippen molar-refractivity contribution in [2.24, 2.45) is 5.73 Å². The van der Waals surface area contributed by atoms with Crippen LogP contribution < -0.4 is 5.73 Å². The van der Waals surface area contributed by atoms with E-state index in [0.29, 0.717) is 5.56 Å². The van der Waals surface area contributed by atoms with E-state index in [0.717, 1.165) is 17.0 Å². The summed E-state index contributed by atoms with van der Waals surface area (Å²) in [4.78, 5) is 11.2. The molecule has 0 fully saturated rings. The highest BCUT2D eigenvalue weighted by molar-refractivity contribution is 7.90. The largest absolute Gasteiger partial charge is 0.435 e. The fourth-order valence-corrected chi connectivity index (χ4v) is 3.19. The molecule has 2 aromatic carbocycles. The molecule has 1 heterocycles. The van der Waals surface area contributed by atoms with Gasteiger partial charge in [-0.1, -0.05) is 12.1 Å². The van der Waals surface area contributed by atoms with Gasteiger partial charge in [0.1, 0.15) is 0 Å². The molecule has 146 valence electrons. The van der Waals surface area contributed by atoms with E-state index in [1.807, 2.05) is 0 Å².